The van der Waals surface area contributed by atoms with E-state index in [1.54, 1.807) is 21.6 Å². The van der Waals surface area contributed by atoms with E-state index in [-0.39, 0.29) is 44.4 Å². The Labute approximate surface area is 292 Å². The van der Waals surface area contributed by atoms with Crippen molar-refractivity contribution in [2.75, 3.05) is 46.5 Å². The summed E-state index contributed by atoms with van der Waals surface area (Å²) in [6, 6.07) is 23.8. The summed E-state index contributed by atoms with van der Waals surface area (Å²) in [6.07, 6.45) is 0.182. The monoisotopic (exact) mass is 683 g/mol. The second-order valence-electron chi connectivity index (χ2n) is 13.1. The molecule has 3 aromatic carbocycles. The Morgan fingerprint density at radius 2 is 1.62 bits per heavy atom. The molecule has 3 aliphatic heterocycles. The Kier molecular flexibility index (Phi) is 10.8. The zero-order valence-electron chi connectivity index (χ0n) is 28.9. The average molecular weight is 684 g/mol. The lowest BCUT2D eigenvalue weighted by molar-refractivity contribution is -0.178. The molecular formula is C39H45N3O8. The van der Waals surface area contributed by atoms with Gasteiger partial charge >= 0.3 is 12.1 Å². The summed E-state index contributed by atoms with van der Waals surface area (Å²) in [5.41, 5.74) is 1.11. The molecule has 0 aromatic heterocycles. The molecule has 264 valence electrons. The number of esters is 1. The Morgan fingerprint density at radius 1 is 0.920 bits per heavy atom. The lowest BCUT2D eigenvalue weighted by atomic mass is 9.66. The maximum atomic E-state index is 14.6. The van der Waals surface area contributed by atoms with Crippen molar-refractivity contribution < 1.29 is 38.1 Å². The average Bonchev–Trinajstić information content (AvgIpc) is 3.14. The predicted octanol–water partition coefficient (Wildman–Crippen LogP) is 4.93. The molecular weight excluding hydrogens is 638 g/mol. The van der Waals surface area contributed by atoms with Gasteiger partial charge in [0.2, 0.25) is 11.8 Å². The highest BCUT2D eigenvalue weighted by atomic mass is 16.6. The van der Waals surface area contributed by atoms with Gasteiger partial charge in [-0.05, 0) is 48.2 Å². The third kappa shape index (κ3) is 7.11. The molecule has 3 aromatic rings. The van der Waals surface area contributed by atoms with Crippen molar-refractivity contribution >= 4 is 34.6 Å². The van der Waals surface area contributed by atoms with Gasteiger partial charge in [-0.25, -0.2) is 4.79 Å². The summed E-state index contributed by atoms with van der Waals surface area (Å²) in [5.74, 6) is -1.77. The number of benzene rings is 3. The lowest BCUT2D eigenvalue weighted by Gasteiger charge is -2.51. The van der Waals surface area contributed by atoms with Crippen LogP contribution in [0.3, 0.4) is 0 Å². The normalized spacial score (nSPS) is 23.7. The van der Waals surface area contributed by atoms with E-state index in [0.717, 1.165) is 21.9 Å². The molecule has 11 nitrogen and oxygen atoms in total. The first-order valence-electron chi connectivity index (χ1n) is 17.3. The molecule has 0 aliphatic carbocycles. The van der Waals surface area contributed by atoms with Crippen molar-refractivity contribution in [3.63, 3.8) is 0 Å². The van der Waals surface area contributed by atoms with Crippen LogP contribution in [0.4, 0.5) is 4.79 Å². The van der Waals surface area contributed by atoms with Crippen LogP contribution in [0.5, 0.6) is 0 Å². The maximum Gasteiger partial charge on any atom is 0.409 e. The van der Waals surface area contributed by atoms with E-state index >= 15 is 0 Å². The van der Waals surface area contributed by atoms with Crippen LogP contribution >= 0.6 is 0 Å². The summed E-state index contributed by atoms with van der Waals surface area (Å²) >= 11 is 0. The molecule has 4 atom stereocenters. The summed E-state index contributed by atoms with van der Waals surface area (Å²) < 4.78 is 23.1. The molecule has 0 radical (unpaired) electrons. The van der Waals surface area contributed by atoms with Gasteiger partial charge in [-0.3, -0.25) is 14.4 Å². The molecule has 0 unspecified atom stereocenters. The number of hydrogen-bond acceptors (Lipinski definition) is 8. The summed E-state index contributed by atoms with van der Waals surface area (Å²) in [7, 11) is 1.34. The van der Waals surface area contributed by atoms with E-state index in [9.17, 15) is 19.2 Å². The number of piperazine rings is 1. The van der Waals surface area contributed by atoms with E-state index in [2.05, 4.69) is 0 Å². The Balaban J connectivity index is 1.31. The van der Waals surface area contributed by atoms with E-state index in [4.69, 9.17) is 18.9 Å². The minimum absolute atomic E-state index is 0.0592. The number of carbonyl (C=O) groups excluding carboxylic acids is 4. The van der Waals surface area contributed by atoms with Crippen LogP contribution in [0, 0.1) is 11.3 Å². The van der Waals surface area contributed by atoms with Crippen LogP contribution in [0.1, 0.15) is 37.8 Å². The van der Waals surface area contributed by atoms with Gasteiger partial charge in [0.15, 0.2) is 0 Å². The molecule has 0 N–H and O–H groups in total. The molecule has 2 fully saturated rings. The minimum Gasteiger partial charge on any atom is -0.468 e. The Hall–Kier alpha value is -4.74. The van der Waals surface area contributed by atoms with E-state index in [1.165, 1.54) is 7.11 Å². The Morgan fingerprint density at radius 3 is 2.36 bits per heavy atom. The van der Waals surface area contributed by atoms with Crippen LogP contribution in [0.15, 0.2) is 84.6 Å². The molecule has 3 aliphatic rings. The van der Waals surface area contributed by atoms with Gasteiger partial charge < -0.3 is 33.6 Å². The number of hydrogen-bond donors (Lipinski definition) is 0. The lowest BCUT2D eigenvalue weighted by Crippen LogP contribution is -2.60. The first kappa shape index (κ1) is 35.1. The highest BCUT2D eigenvalue weighted by Gasteiger charge is 2.59. The van der Waals surface area contributed by atoms with Crippen LogP contribution in [0.2, 0.25) is 0 Å². The van der Waals surface area contributed by atoms with Gasteiger partial charge in [-0.15, -0.1) is 0 Å². The minimum atomic E-state index is -1.34. The molecule has 6 rings (SSSR count). The van der Waals surface area contributed by atoms with Gasteiger partial charge in [0.05, 0.1) is 39.6 Å². The maximum absolute atomic E-state index is 14.6. The van der Waals surface area contributed by atoms with Crippen LogP contribution in [0.25, 0.3) is 10.8 Å². The zero-order valence-corrected chi connectivity index (χ0v) is 28.9. The first-order chi connectivity index (χ1) is 24.2. The Bertz CT molecular complexity index is 1730. The molecule has 0 bridgehead atoms. The van der Waals surface area contributed by atoms with Gasteiger partial charge in [-0.2, -0.15) is 0 Å². The number of carbonyl (C=O) groups is 4. The van der Waals surface area contributed by atoms with Gasteiger partial charge in [-0.1, -0.05) is 72.8 Å². The van der Waals surface area contributed by atoms with Crippen molar-refractivity contribution in [1.29, 1.82) is 0 Å². The molecule has 2 saturated heterocycles. The number of piperidine rings is 1. The molecule has 50 heavy (non-hydrogen) atoms. The van der Waals surface area contributed by atoms with Crippen LogP contribution in [-0.2, 0) is 46.5 Å². The van der Waals surface area contributed by atoms with E-state index < -0.39 is 35.6 Å². The summed E-state index contributed by atoms with van der Waals surface area (Å²) in [5, 5.41) is 2.02. The highest BCUT2D eigenvalue weighted by Crippen LogP contribution is 2.51. The third-order valence-electron chi connectivity index (χ3n) is 10.1. The van der Waals surface area contributed by atoms with Crippen molar-refractivity contribution in [1.82, 2.24) is 14.7 Å². The van der Waals surface area contributed by atoms with Gasteiger partial charge in [0.25, 0.3) is 0 Å². The second kappa shape index (κ2) is 15.4. The number of amides is 3. The van der Waals surface area contributed by atoms with Gasteiger partial charge in [0.1, 0.15) is 11.5 Å². The number of rotatable bonds is 10. The van der Waals surface area contributed by atoms with Crippen molar-refractivity contribution in [2.45, 2.75) is 52.0 Å². The second-order valence-corrected chi connectivity index (χ2v) is 13.1. The number of nitrogens with zero attached hydrogens (tertiary/aromatic N) is 3. The molecule has 3 heterocycles. The van der Waals surface area contributed by atoms with Crippen molar-refractivity contribution in [2.24, 2.45) is 11.3 Å². The third-order valence-corrected chi connectivity index (χ3v) is 10.1. The molecule has 3 amide bonds. The first-order valence-corrected chi connectivity index (χ1v) is 17.3. The zero-order chi connectivity index (χ0) is 35.3. The van der Waals surface area contributed by atoms with E-state index in [0.29, 0.717) is 38.5 Å². The SMILES string of the molecule is CCOC(=O)N1CCN(C(=O)C[C@H]2C[C@@]3(C(=O)OC)C(=C[C@H](COCc4ccccc4)O[C@@H]3C)N(Cc3cccc4ccccc34)C2=O)CC1. The molecule has 0 saturated carbocycles. The standard InChI is InChI=1S/C39H45N3O8/c1-4-49-38(46)41-19-17-40(18-20-41)35(43)21-31-23-39(37(45)47-3)27(2)50-32(26-48-25-28-11-6-5-7-12-28)22-34(39)42(36(31)44)24-30-15-10-14-29-13-8-9-16-33(29)30/h5-16,22,27,31-32H,4,17-21,23-26H2,1-3H3/t27-,31+,32-,39+/m1/s1. The van der Waals surface area contributed by atoms with Crippen molar-refractivity contribution in [3.05, 3.63) is 95.7 Å². The van der Waals surface area contributed by atoms with Crippen molar-refractivity contribution in [3.8, 4) is 0 Å². The van der Waals surface area contributed by atoms with Crippen LogP contribution < -0.4 is 0 Å². The van der Waals surface area contributed by atoms with E-state index in [1.807, 2.05) is 85.8 Å². The fraction of sp³-hybridized carbons (Fsp3) is 0.436. The quantitative estimate of drug-likeness (QED) is 0.277. The van der Waals surface area contributed by atoms with Gasteiger partial charge in [0, 0.05) is 44.2 Å². The topological polar surface area (TPSA) is 115 Å². The predicted molar refractivity (Wildman–Crippen MR) is 185 cm³/mol. The summed E-state index contributed by atoms with van der Waals surface area (Å²) in [4.78, 5) is 59.5. The smallest absolute Gasteiger partial charge is 0.409 e. The molecule has 0 spiro atoms. The summed E-state index contributed by atoms with van der Waals surface area (Å²) in [6.45, 7) is 5.99. The number of ether oxygens (including phenoxy) is 4. The fourth-order valence-electron chi connectivity index (χ4n) is 7.47. The fourth-order valence-corrected chi connectivity index (χ4v) is 7.47. The number of methoxy groups -OCH3 is 1. The van der Waals surface area contributed by atoms with Crippen LogP contribution in [-0.4, -0.2) is 97.3 Å². The number of likely N-dealkylation sites (tertiary alicyclic amines) is 1. The highest BCUT2D eigenvalue weighted by molar-refractivity contribution is 5.93. The number of fused-ring (bicyclic) bond motifs is 2. The molecule has 11 heteroatoms. The largest absolute Gasteiger partial charge is 0.468 e.